The van der Waals surface area contributed by atoms with Gasteiger partial charge in [-0.25, -0.2) is 24.2 Å². The van der Waals surface area contributed by atoms with Gasteiger partial charge in [-0.2, -0.15) is 0 Å². The number of nitrogens with one attached hydrogen (secondary N) is 1. The number of aliphatic imine (C=N–C) groups is 1. The van der Waals surface area contributed by atoms with Gasteiger partial charge in [0.1, 0.15) is 33.8 Å². The van der Waals surface area contributed by atoms with E-state index in [4.69, 9.17) is 42.0 Å². The van der Waals surface area contributed by atoms with Crippen LogP contribution in [-0.4, -0.2) is 148 Å². The number of rotatable bonds is 22. The van der Waals surface area contributed by atoms with E-state index in [1.807, 2.05) is 0 Å². The van der Waals surface area contributed by atoms with Gasteiger partial charge in [0.2, 0.25) is 11.9 Å². The lowest BCUT2D eigenvalue weighted by atomic mass is 9.88. The van der Waals surface area contributed by atoms with Crippen LogP contribution in [0, 0.1) is 0 Å². The van der Waals surface area contributed by atoms with Gasteiger partial charge in [0.25, 0.3) is 0 Å². The highest BCUT2D eigenvalue weighted by Crippen LogP contribution is 2.45. The zero-order valence-electron chi connectivity index (χ0n) is 56.9. The Kier molecular flexibility index (Phi) is 27.3. The van der Waals surface area contributed by atoms with Gasteiger partial charge >= 0.3 is 42.2 Å². The smallest absolute Gasteiger partial charge is 0.412 e. The standard InChI is InChI=1S/C40H54N2O12.C15H26N2O5.C14H8O4/c1-25(43)29-24-28-33(50-30(44)19-15-22-42(37(48)54-40(8,9)10)23-20-32(46)53-39(5,6)7)26-16-11-12-17-27(26)34(35(28)49-29)51-36(47)41-21-14-13-18-31(45)52-38(2,3)4;1-14(2,3)21-12(19)7-9-17(10-8-16-11-18)13(20)22-15(4,5)6;1-7(15)11-6-10-12(16)8-4-2-3-5-9(8)13(17)14(10)18-11/h11-12,16-17,24H,13-15,18-23H2,1-10H3,(H,41,47);7-10H2,1-6H3;2-6H,1H3. The maximum absolute atomic E-state index is 13.3. The van der Waals surface area contributed by atoms with E-state index in [9.17, 15) is 57.5 Å². The number of carbonyl (C=O) groups excluding carboxylic acids is 12. The molecule has 0 saturated carbocycles. The molecule has 0 atom stereocenters. The molecule has 94 heavy (non-hydrogen) atoms. The maximum atomic E-state index is 13.3. The zero-order valence-corrected chi connectivity index (χ0v) is 56.9. The Morgan fingerprint density at radius 3 is 1.41 bits per heavy atom. The SMILES string of the molecule is CC(=O)c1cc2c(OC(=O)CCCN(CCC(=O)OC(C)(C)C)C(=O)OC(C)(C)C)c3ccccc3c(OC(=O)NCCCCC(=O)OC(C)(C)C)c2o1.CC(=O)c1cc2c(o1)C(=O)c1ccccc1C2=O.CC(C)(C)OC(=O)CCN(CCN=C=O)C(=O)OC(C)(C)C. The number of hydrogen-bond donors (Lipinski definition) is 1. The van der Waals surface area contributed by atoms with Crippen molar-refractivity contribution in [3.63, 3.8) is 0 Å². The van der Waals surface area contributed by atoms with Gasteiger partial charge in [-0.1, -0.05) is 48.5 Å². The lowest BCUT2D eigenvalue weighted by Gasteiger charge is -2.27. The third kappa shape index (κ3) is 25.5. The molecule has 1 aliphatic rings. The predicted octanol–water partition coefficient (Wildman–Crippen LogP) is 12.6. The summed E-state index contributed by atoms with van der Waals surface area (Å²) in [5, 5.41) is 3.71. The molecule has 6 rings (SSSR count). The summed E-state index contributed by atoms with van der Waals surface area (Å²) in [7, 11) is 0. The fraction of sp³-hybridized carbons (Fsp3) is 0.507. The zero-order chi connectivity index (χ0) is 70.7. The van der Waals surface area contributed by atoms with Crippen molar-refractivity contribution in [3.8, 4) is 11.5 Å². The number of isocyanates is 1. The lowest BCUT2D eigenvalue weighted by Crippen LogP contribution is -2.40. The molecule has 2 aromatic heterocycles. The summed E-state index contributed by atoms with van der Waals surface area (Å²) >= 11 is 0. The van der Waals surface area contributed by atoms with Crippen LogP contribution in [-0.2, 0) is 47.7 Å². The molecule has 0 fully saturated rings. The van der Waals surface area contributed by atoms with Crippen LogP contribution in [0.4, 0.5) is 14.4 Å². The van der Waals surface area contributed by atoms with Crippen LogP contribution in [0.2, 0.25) is 0 Å². The highest BCUT2D eigenvalue weighted by Gasteiger charge is 2.35. The van der Waals surface area contributed by atoms with Gasteiger partial charge in [-0.05, 0) is 135 Å². The Labute approximate surface area is 546 Å². The van der Waals surface area contributed by atoms with E-state index in [0.29, 0.717) is 34.7 Å². The van der Waals surface area contributed by atoms with Gasteiger partial charge < -0.3 is 57.1 Å². The van der Waals surface area contributed by atoms with Crippen LogP contribution >= 0.6 is 0 Å². The molecule has 5 aromatic rings. The first kappa shape index (κ1) is 76.9. The molecule has 0 aliphatic heterocycles. The second-order valence-electron chi connectivity index (χ2n) is 26.7. The first-order valence-corrected chi connectivity index (χ1v) is 30.7. The molecule has 0 unspecified atom stereocenters. The number of hydrogen-bond acceptors (Lipinski definition) is 22. The molecule has 1 aliphatic carbocycles. The number of Topliss-reactive ketones (excluding diaryl/α,β-unsaturated/α-hetero) is 2. The molecule has 0 bridgehead atoms. The van der Waals surface area contributed by atoms with Crippen molar-refractivity contribution in [1.82, 2.24) is 15.1 Å². The second-order valence-corrected chi connectivity index (χ2v) is 26.7. The van der Waals surface area contributed by atoms with Gasteiger partial charge in [-0.15, -0.1) is 0 Å². The molecule has 1 N–H and O–H groups in total. The Balaban J connectivity index is 0.000000379. The Morgan fingerprint density at radius 2 is 0.926 bits per heavy atom. The van der Waals surface area contributed by atoms with E-state index in [2.05, 4.69) is 10.3 Å². The molecule has 0 radical (unpaired) electrons. The number of amides is 3. The minimum absolute atomic E-state index is 0.0219. The van der Waals surface area contributed by atoms with Crippen molar-refractivity contribution in [3.05, 3.63) is 94.6 Å². The van der Waals surface area contributed by atoms with Crippen LogP contribution in [0.1, 0.15) is 216 Å². The van der Waals surface area contributed by atoms with Crippen LogP contribution in [0.5, 0.6) is 11.5 Å². The van der Waals surface area contributed by atoms with Crippen LogP contribution in [0.25, 0.3) is 21.7 Å². The summed E-state index contributed by atoms with van der Waals surface area (Å²) in [5.74, 6) is -3.10. The second kappa shape index (κ2) is 33.4. The van der Waals surface area contributed by atoms with E-state index < -0.39 is 70.0 Å². The summed E-state index contributed by atoms with van der Waals surface area (Å²) in [5.41, 5.74) is -2.39. The highest BCUT2D eigenvalue weighted by molar-refractivity contribution is 6.28. The summed E-state index contributed by atoms with van der Waals surface area (Å²) < 4.78 is 49.3. The first-order valence-electron chi connectivity index (χ1n) is 30.7. The van der Waals surface area contributed by atoms with E-state index in [-0.39, 0.29) is 140 Å². The van der Waals surface area contributed by atoms with Gasteiger partial charge in [0.05, 0.1) is 30.3 Å². The molecule has 0 spiro atoms. The Morgan fingerprint density at radius 1 is 0.479 bits per heavy atom. The fourth-order valence-electron chi connectivity index (χ4n) is 8.69. The van der Waals surface area contributed by atoms with E-state index in [0.717, 1.165) is 0 Å². The van der Waals surface area contributed by atoms with Crippen molar-refractivity contribution in [2.24, 2.45) is 4.99 Å². The largest absolute Gasteiger partial charge is 0.460 e. The van der Waals surface area contributed by atoms with E-state index >= 15 is 0 Å². The summed E-state index contributed by atoms with van der Waals surface area (Å²) in [4.78, 5) is 152. The quantitative estimate of drug-likeness (QED) is 0.0125. The molecule has 3 aromatic carbocycles. The maximum Gasteiger partial charge on any atom is 0.412 e. The third-order valence-electron chi connectivity index (χ3n) is 12.5. The third-order valence-corrected chi connectivity index (χ3v) is 12.5. The number of furan rings is 2. The van der Waals surface area contributed by atoms with Gasteiger partial charge in [0, 0.05) is 81.3 Å². The normalized spacial score (nSPS) is 12.0. The molecule has 510 valence electrons. The number of benzene rings is 3. The van der Waals surface area contributed by atoms with Crippen molar-refractivity contribution < 1.29 is 99.5 Å². The number of ether oxygens (including phenoxy) is 7. The number of nitrogens with zero attached hydrogens (tertiary/aromatic N) is 3. The topological polar surface area (TPSA) is 327 Å². The molecular weight excluding hydrogens is 1220 g/mol. The molecule has 25 nitrogen and oxygen atoms in total. The average molecular weight is 1310 g/mol. The predicted molar refractivity (Wildman–Crippen MR) is 344 cm³/mol. The fourth-order valence-corrected chi connectivity index (χ4v) is 8.69. The minimum atomic E-state index is -0.787. The van der Waals surface area contributed by atoms with E-state index in [1.165, 1.54) is 41.9 Å². The average Bonchev–Trinajstić information content (AvgIpc) is 1.52. The Hall–Kier alpha value is -9.51. The summed E-state index contributed by atoms with van der Waals surface area (Å²) in [6.07, 6.45) is 0.659. The van der Waals surface area contributed by atoms with Crippen LogP contribution in [0.15, 0.2) is 74.5 Å². The van der Waals surface area contributed by atoms with Crippen molar-refractivity contribution in [2.75, 3.05) is 39.3 Å². The number of unbranched alkanes of at least 4 members (excludes halogenated alkanes) is 1. The van der Waals surface area contributed by atoms with Crippen molar-refractivity contribution in [2.45, 2.75) is 191 Å². The molecule has 25 heteroatoms. The molecular formula is C69H88N4O21. The number of fused-ring (bicyclic) bond motifs is 4. The first-order chi connectivity index (χ1) is 43.6. The molecule has 0 saturated heterocycles. The summed E-state index contributed by atoms with van der Waals surface area (Å²) in [6.45, 7) is 29.8. The number of esters is 4. The number of carbonyl (C=O) groups is 11. The monoisotopic (exact) mass is 1310 g/mol. The summed E-state index contributed by atoms with van der Waals surface area (Å²) in [6, 6.07) is 16.1. The number of ketones is 4. The van der Waals surface area contributed by atoms with Gasteiger partial charge in [-0.3, -0.25) is 38.4 Å². The highest BCUT2D eigenvalue weighted by atomic mass is 16.6. The lowest BCUT2D eigenvalue weighted by molar-refractivity contribution is -0.156. The Bertz CT molecular complexity index is 3590. The molecule has 2 heterocycles. The van der Waals surface area contributed by atoms with Crippen molar-refractivity contribution >= 4 is 93.1 Å². The van der Waals surface area contributed by atoms with E-state index in [1.54, 1.807) is 152 Å². The van der Waals surface area contributed by atoms with Gasteiger partial charge in [0.15, 0.2) is 46.0 Å². The minimum Gasteiger partial charge on any atom is -0.460 e. The van der Waals surface area contributed by atoms with Crippen LogP contribution < -0.4 is 14.8 Å². The molecule has 3 amide bonds. The van der Waals surface area contributed by atoms with Crippen molar-refractivity contribution in [1.29, 1.82) is 0 Å². The van der Waals surface area contributed by atoms with Crippen LogP contribution in [0.3, 0.4) is 0 Å².